The minimum absolute atomic E-state index is 0. The lowest BCUT2D eigenvalue weighted by Gasteiger charge is -2.11. The van der Waals surface area contributed by atoms with Crippen LogP contribution in [0.15, 0.2) is 229 Å². The standard InChI is InChI=1S/C28H18BrN.C28H19N.CH4/c29-21-14-17-28-26(18-21)25-9-3-4-11-27(25)30(28)22-15-12-20(13-16-22)24-10-5-7-19-6-1-2-8-23(19)24;1-2-10-23-20(8-1)9-7-13-24(23)21-16-18-22(19-17-21)29-27-14-5-3-11-25(27)26-12-4-6-15-28(26)29;/h1-18H;1-19H;1H4. The lowest BCUT2D eigenvalue weighted by atomic mass is 9.98. The van der Waals surface area contributed by atoms with Crippen LogP contribution in [0.4, 0.5) is 0 Å². The summed E-state index contributed by atoms with van der Waals surface area (Å²) in [5.74, 6) is 0. The Hall–Kier alpha value is -7.20. The van der Waals surface area contributed by atoms with Crippen LogP contribution in [0.1, 0.15) is 7.43 Å². The van der Waals surface area contributed by atoms with Gasteiger partial charge < -0.3 is 9.13 Å². The van der Waals surface area contributed by atoms with Crippen LogP contribution >= 0.6 is 15.9 Å². The quantitative estimate of drug-likeness (QED) is 0.167. The summed E-state index contributed by atoms with van der Waals surface area (Å²) < 4.78 is 5.81. The lowest BCUT2D eigenvalue weighted by molar-refractivity contribution is 1.18. The fourth-order valence-electron chi connectivity index (χ4n) is 8.96. The van der Waals surface area contributed by atoms with Crippen molar-refractivity contribution in [3.8, 4) is 33.6 Å². The van der Waals surface area contributed by atoms with Gasteiger partial charge in [0.05, 0.1) is 22.1 Å². The van der Waals surface area contributed by atoms with Gasteiger partial charge in [-0.15, -0.1) is 0 Å². The van der Waals surface area contributed by atoms with Gasteiger partial charge in [-0.05, 0) is 104 Å². The van der Waals surface area contributed by atoms with E-state index in [1.807, 2.05) is 0 Å². The number of benzene rings is 10. The number of fused-ring (bicyclic) bond motifs is 8. The molecule has 0 spiro atoms. The van der Waals surface area contributed by atoms with E-state index in [0.29, 0.717) is 0 Å². The van der Waals surface area contributed by atoms with E-state index < -0.39 is 0 Å². The number of nitrogens with zero attached hydrogens (tertiary/aromatic N) is 2. The van der Waals surface area contributed by atoms with E-state index >= 15 is 0 Å². The summed E-state index contributed by atoms with van der Waals surface area (Å²) in [5, 5.41) is 10.2. The monoisotopic (exact) mass is 832 g/mol. The first-order valence-electron chi connectivity index (χ1n) is 20.0. The van der Waals surface area contributed by atoms with Gasteiger partial charge in [0.2, 0.25) is 0 Å². The Morgan fingerprint density at radius 2 is 0.633 bits per heavy atom. The van der Waals surface area contributed by atoms with Gasteiger partial charge in [-0.2, -0.15) is 0 Å². The van der Waals surface area contributed by atoms with E-state index in [1.54, 1.807) is 0 Å². The van der Waals surface area contributed by atoms with E-state index in [-0.39, 0.29) is 7.43 Å². The van der Waals surface area contributed by atoms with E-state index in [1.165, 1.54) is 98.8 Å². The lowest BCUT2D eigenvalue weighted by Crippen LogP contribution is -1.93. The van der Waals surface area contributed by atoms with Crippen molar-refractivity contribution >= 4 is 81.1 Å². The van der Waals surface area contributed by atoms with Crippen LogP contribution in [-0.4, -0.2) is 9.13 Å². The highest BCUT2D eigenvalue weighted by atomic mass is 79.9. The van der Waals surface area contributed by atoms with Gasteiger partial charge in [0.15, 0.2) is 0 Å². The topological polar surface area (TPSA) is 9.86 Å². The zero-order chi connectivity index (χ0) is 39.3. The Balaban J connectivity index is 0.000000142. The molecule has 2 nitrogen and oxygen atoms in total. The number of aromatic nitrogens is 2. The van der Waals surface area contributed by atoms with Gasteiger partial charge >= 0.3 is 0 Å². The predicted octanol–water partition coefficient (Wildman–Crippen LogP) is 16.6. The van der Waals surface area contributed by atoms with Crippen LogP contribution in [0, 0.1) is 0 Å². The zero-order valence-corrected chi connectivity index (χ0v) is 33.7. The van der Waals surface area contributed by atoms with Crippen molar-refractivity contribution in [2.45, 2.75) is 7.43 Å². The third-order valence-corrected chi connectivity index (χ3v) is 12.2. The molecule has 0 saturated carbocycles. The second-order valence-corrected chi connectivity index (χ2v) is 15.9. The third-order valence-electron chi connectivity index (χ3n) is 11.7. The van der Waals surface area contributed by atoms with Crippen molar-refractivity contribution in [2.24, 2.45) is 0 Å². The summed E-state index contributed by atoms with van der Waals surface area (Å²) in [7, 11) is 0. The van der Waals surface area contributed by atoms with Gasteiger partial charge in [-0.1, -0.05) is 187 Å². The third kappa shape index (κ3) is 6.36. The molecule has 10 aromatic carbocycles. The average molecular weight is 834 g/mol. The van der Waals surface area contributed by atoms with Crippen LogP contribution < -0.4 is 0 Å². The Labute approximate surface area is 358 Å². The molecule has 0 atom stereocenters. The molecule has 2 aromatic heterocycles. The van der Waals surface area contributed by atoms with Crippen molar-refractivity contribution in [3.05, 3.63) is 229 Å². The smallest absolute Gasteiger partial charge is 0.0541 e. The molecule has 2 heterocycles. The fraction of sp³-hybridized carbons (Fsp3) is 0.0175. The molecule has 0 radical (unpaired) electrons. The van der Waals surface area contributed by atoms with Gasteiger partial charge in [-0.3, -0.25) is 0 Å². The first kappa shape index (κ1) is 37.1. The molecular weight excluding hydrogens is 793 g/mol. The maximum absolute atomic E-state index is 3.63. The van der Waals surface area contributed by atoms with E-state index in [0.717, 1.165) is 4.47 Å². The summed E-state index contributed by atoms with van der Waals surface area (Å²) in [6, 6.07) is 80.4. The number of hydrogen-bond donors (Lipinski definition) is 0. The first-order chi connectivity index (χ1) is 29.2. The van der Waals surface area contributed by atoms with Crippen LogP contribution in [0.5, 0.6) is 0 Å². The minimum Gasteiger partial charge on any atom is -0.309 e. The van der Waals surface area contributed by atoms with Crippen LogP contribution in [0.2, 0.25) is 0 Å². The van der Waals surface area contributed by atoms with Gasteiger partial charge in [0.1, 0.15) is 0 Å². The summed E-state index contributed by atoms with van der Waals surface area (Å²) in [4.78, 5) is 0. The molecule has 60 heavy (non-hydrogen) atoms. The normalized spacial score (nSPS) is 11.3. The number of rotatable bonds is 4. The fourth-order valence-corrected chi connectivity index (χ4v) is 9.32. The molecule has 286 valence electrons. The number of para-hydroxylation sites is 3. The molecule has 12 rings (SSSR count). The molecule has 0 N–H and O–H groups in total. The highest BCUT2D eigenvalue weighted by Crippen LogP contribution is 2.36. The van der Waals surface area contributed by atoms with Gasteiger partial charge in [0.25, 0.3) is 0 Å². The van der Waals surface area contributed by atoms with Crippen LogP contribution in [0.25, 0.3) is 98.8 Å². The van der Waals surface area contributed by atoms with E-state index in [9.17, 15) is 0 Å². The maximum atomic E-state index is 3.63. The van der Waals surface area contributed by atoms with Gasteiger partial charge in [0, 0.05) is 37.4 Å². The molecule has 0 unspecified atom stereocenters. The van der Waals surface area contributed by atoms with Crippen molar-refractivity contribution in [1.82, 2.24) is 9.13 Å². The van der Waals surface area contributed by atoms with E-state index in [4.69, 9.17) is 0 Å². The summed E-state index contributed by atoms with van der Waals surface area (Å²) in [6.07, 6.45) is 0. The summed E-state index contributed by atoms with van der Waals surface area (Å²) in [6.45, 7) is 0. The summed E-state index contributed by atoms with van der Waals surface area (Å²) in [5.41, 5.74) is 12.3. The molecule has 3 heteroatoms. The zero-order valence-electron chi connectivity index (χ0n) is 32.1. The Bertz CT molecular complexity index is 3440. The minimum atomic E-state index is 0. The number of halogens is 1. The second kappa shape index (κ2) is 15.5. The molecule has 0 aliphatic heterocycles. The first-order valence-corrected chi connectivity index (χ1v) is 20.8. The van der Waals surface area contributed by atoms with Crippen LogP contribution in [-0.2, 0) is 0 Å². The molecule has 0 aliphatic carbocycles. The van der Waals surface area contributed by atoms with Crippen molar-refractivity contribution in [2.75, 3.05) is 0 Å². The molecular formula is C57H41BrN2. The second-order valence-electron chi connectivity index (χ2n) is 15.0. The van der Waals surface area contributed by atoms with Crippen molar-refractivity contribution in [1.29, 1.82) is 0 Å². The SMILES string of the molecule is Brc1ccc2c(c1)c1ccccc1n2-c1ccc(-c2cccc3ccccc23)cc1.C.c1ccc2c(-c3ccc(-n4c5ccccc5c5ccccc54)cc3)cccc2c1. The van der Waals surface area contributed by atoms with Crippen LogP contribution in [0.3, 0.4) is 0 Å². The molecule has 12 aromatic rings. The molecule has 0 aliphatic rings. The molecule has 0 amide bonds. The molecule has 0 fully saturated rings. The summed E-state index contributed by atoms with van der Waals surface area (Å²) >= 11 is 3.63. The molecule has 0 bridgehead atoms. The van der Waals surface area contributed by atoms with Gasteiger partial charge in [-0.25, -0.2) is 0 Å². The average Bonchev–Trinajstić information content (AvgIpc) is 3.81. The highest BCUT2D eigenvalue weighted by molar-refractivity contribution is 9.10. The predicted molar refractivity (Wildman–Crippen MR) is 262 cm³/mol. The maximum Gasteiger partial charge on any atom is 0.0541 e. The number of hydrogen-bond acceptors (Lipinski definition) is 0. The van der Waals surface area contributed by atoms with Crippen molar-refractivity contribution in [3.63, 3.8) is 0 Å². The highest BCUT2D eigenvalue weighted by Gasteiger charge is 2.14. The van der Waals surface area contributed by atoms with Crippen molar-refractivity contribution < 1.29 is 0 Å². The Morgan fingerprint density at radius 1 is 0.283 bits per heavy atom. The molecule has 0 saturated heterocycles. The largest absolute Gasteiger partial charge is 0.309 e. The Morgan fingerprint density at radius 3 is 1.08 bits per heavy atom. The van der Waals surface area contributed by atoms with E-state index in [2.05, 4.69) is 250 Å². The Kier molecular flexibility index (Phi) is 9.60.